The second-order valence-corrected chi connectivity index (χ2v) is 6.50. The van der Waals surface area contributed by atoms with Crippen LogP contribution in [0.3, 0.4) is 0 Å². The lowest BCUT2D eigenvalue weighted by atomic mass is 10.3. The van der Waals surface area contributed by atoms with E-state index in [9.17, 15) is 0 Å². The second kappa shape index (κ2) is 7.35. The van der Waals surface area contributed by atoms with Gasteiger partial charge >= 0.3 is 0 Å². The van der Waals surface area contributed by atoms with Gasteiger partial charge in [0.15, 0.2) is 4.34 Å². The number of aromatic nitrogens is 2. The van der Waals surface area contributed by atoms with Crippen LogP contribution in [-0.4, -0.2) is 28.6 Å². The fourth-order valence-electron chi connectivity index (χ4n) is 1.38. The second-order valence-electron chi connectivity index (χ2n) is 4.18. The summed E-state index contributed by atoms with van der Waals surface area (Å²) in [5, 5.41) is 12.3. The number of benzene rings is 1. The molecule has 1 N–H and O–H groups in total. The van der Waals surface area contributed by atoms with E-state index in [1.807, 2.05) is 30.3 Å². The number of ether oxygens (including phenoxy) is 1. The van der Waals surface area contributed by atoms with E-state index in [4.69, 9.17) is 4.74 Å². The first kappa shape index (κ1) is 14.1. The first-order chi connectivity index (χ1) is 9.24. The molecule has 0 bridgehead atoms. The van der Waals surface area contributed by atoms with Crippen LogP contribution in [0, 0.1) is 0 Å². The molecule has 1 heterocycles. The lowest BCUT2D eigenvalue weighted by Gasteiger charge is -2.04. The fourth-order valence-corrected chi connectivity index (χ4v) is 3.16. The summed E-state index contributed by atoms with van der Waals surface area (Å²) < 4.78 is 6.59. The molecule has 1 aromatic carbocycles. The summed E-state index contributed by atoms with van der Waals surface area (Å²) in [7, 11) is 0. The highest BCUT2D eigenvalue weighted by atomic mass is 32.2. The van der Waals surface area contributed by atoms with Crippen LogP contribution >= 0.6 is 23.1 Å². The van der Waals surface area contributed by atoms with E-state index in [2.05, 4.69) is 29.4 Å². The molecule has 19 heavy (non-hydrogen) atoms. The van der Waals surface area contributed by atoms with Crippen LogP contribution in [0.5, 0.6) is 5.75 Å². The molecule has 0 atom stereocenters. The summed E-state index contributed by atoms with van der Waals surface area (Å²) in [5.41, 5.74) is 0. The Morgan fingerprint density at radius 2 is 2.05 bits per heavy atom. The molecule has 0 aliphatic rings. The van der Waals surface area contributed by atoms with Crippen LogP contribution in [0.1, 0.15) is 13.8 Å². The van der Waals surface area contributed by atoms with Crippen molar-refractivity contribution in [2.45, 2.75) is 24.2 Å². The van der Waals surface area contributed by atoms with Crippen molar-refractivity contribution in [1.82, 2.24) is 10.2 Å². The van der Waals surface area contributed by atoms with Gasteiger partial charge in [-0.25, -0.2) is 0 Å². The molecule has 2 aromatic rings. The summed E-state index contributed by atoms with van der Waals surface area (Å²) in [4.78, 5) is 0. The molecule has 0 spiro atoms. The zero-order valence-corrected chi connectivity index (χ0v) is 12.6. The summed E-state index contributed by atoms with van der Waals surface area (Å²) in [6.07, 6.45) is 0. The van der Waals surface area contributed by atoms with Crippen molar-refractivity contribution in [2.24, 2.45) is 0 Å². The maximum Gasteiger partial charge on any atom is 0.206 e. The van der Waals surface area contributed by atoms with Crippen molar-refractivity contribution in [2.75, 3.05) is 17.7 Å². The van der Waals surface area contributed by atoms with Gasteiger partial charge in [-0.15, -0.1) is 10.2 Å². The molecule has 2 rings (SSSR count). The average Bonchev–Trinajstić information content (AvgIpc) is 2.83. The highest BCUT2D eigenvalue weighted by molar-refractivity contribution is 8.01. The number of rotatable bonds is 7. The van der Waals surface area contributed by atoms with E-state index < -0.39 is 0 Å². The number of hydrogen-bond acceptors (Lipinski definition) is 6. The van der Waals surface area contributed by atoms with Crippen LogP contribution in [0.25, 0.3) is 0 Å². The van der Waals surface area contributed by atoms with Crippen LogP contribution in [0.4, 0.5) is 5.13 Å². The van der Waals surface area contributed by atoms with Crippen molar-refractivity contribution in [3.63, 3.8) is 0 Å². The molecule has 0 aliphatic carbocycles. The lowest BCUT2D eigenvalue weighted by Crippen LogP contribution is -2.08. The Hall–Kier alpha value is -1.27. The Morgan fingerprint density at radius 3 is 2.79 bits per heavy atom. The monoisotopic (exact) mass is 295 g/mol. The topological polar surface area (TPSA) is 47.0 Å². The smallest absolute Gasteiger partial charge is 0.206 e. The third-order valence-electron chi connectivity index (χ3n) is 2.14. The zero-order chi connectivity index (χ0) is 13.5. The molecule has 0 aliphatic heterocycles. The lowest BCUT2D eigenvalue weighted by molar-refractivity contribution is 0.344. The summed E-state index contributed by atoms with van der Waals surface area (Å²) in [6, 6.07) is 10.2. The third-order valence-corrected chi connectivity index (χ3v) is 4.09. The van der Waals surface area contributed by atoms with Crippen molar-refractivity contribution in [1.29, 1.82) is 0 Å². The highest BCUT2D eigenvalue weighted by Gasteiger charge is 2.05. The van der Waals surface area contributed by atoms with Crippen LogP contribution in [0.15, 0.2) is 34.7 Å². The van der Waals surface area contributed by atoms with Gasteiger partial charge in [0.1, 0.15) is 5.75 Å². The Bertz CT molecular complexity index is 488. The largest absolute Gasteiger partial charge is 0.493 e. The number of nitrogens with one attached hydrogen (secondary N) is 1. The SMILES string of the molecule is CC(C)Nc1nnc(SCCOc2ccccc2)s1. The highest BCUT2D eigenvalue weighted by Crippen LogP contribution is 2.25. The van der Waals surface area contributed by atoms with E-state index in [1.54, 1.807) is 23.1 Å². The summed E-state index contributed by atoms with van der Waals surface area (Å²) in [5.74, 6) is 1.77. The molecule has 0 unspecified atom stereocenters. The molecule has 0 saturated carbocycles. The van der Waals surface area contributed by atoms with Crippen molar-refractivity contribution >= 4 is 28.2 Å². The van der Waals surface area contributed by atoms with Gasteiger partial charge in [0, 0.05) is 11.8 Å². The van der Waals surface area contributed by atoms with Crippen LogP contribution in [0.2, 0.25) is 0 Å². The molecule has 0 saturated heterocycles. The first-order valence-electron chi connectivity index (χ1n) is 6.15. The molecule has 0 amide bonds. The Balaban J connectivity index is 1.69. The molecule has 0 fully saturated rings. The van der Waals surface area contributed by atoms with Gasteiger partial charge in [-0.2, -0.15) is 0 Å². The maximum atomic E-state index is 5.62. The van der Waals surface area contributed by atoms with Gasteiger partial charge < -0.3 is 10.1 Å². The Labute approximate surface area is 121 Å². The quantitative estimate of drug-likeness (QED) is 0.625. The normalized spacial score (nSPS) is 10.7. The fraction of sp³-hybridized carbons (Fsp3) is 0.385. The van der Waals surface area contributed by atoms with Gasteiger partial charge in [-0.1, -0.05) is 41.3 Å². The standard InChI is InChI=1S/C13H17N3OS2/c1-10(2)14-12-15-16-13(19-12)18-9-8-17-11-6-4-3-5-7-11/h3-7,10H,8-9H2,1-2H3,(H,14,15). The Kier molecular flexibility index (Phi) is 5.47. The van der Waals surface area contributed by atoms with E-state index in [1.165, 1.54) is 0 Å². The average molecular weight is 295 g/mol. The summed E-state index contributed by atoms with van der Waals surface area (Å²) in [6.45, 7) is 4.84. The van der Waals surface area contributed by atoms with Gasteiger partial charge in [0.25, 0.3) is 0 Å². The number of nitrogens with zero attached hydrogens (tertiary/aromatic N) is 2. The predicted octanol–water partition coefficient (Wildman–Crippen LogP) is 3.53. The van der Waals surface area contributed by atoms with Gasteiger partial charge in [-0.05, 0) is 26.0 Å². The molecule has 102 valence electrons. The summed E-state index contributed by atoms with van der Waals surface area (Å²) >= 11 is 3.25. The van der Waals surface area contributed by atoms with Gasteiger partial charge in [0.2, 0.25) is 5.13 Å². The number of hydrogen-bond donors (Lipinski definition) is 1. The third kappa shape index (κ3) is 5.08. The molecular weight excluding hydrogens is 278 g/mol. The van der Waals surface area contributed by atoms with Crippen LogP contribution in [-0.2, 0) is 0 Å². The maximum absolute atomic E-state index is 5.62. The number of anilines is 1. The molecule has 4 nitrogen and oxygen atoms in total. The first-order valence-corrected chi connectivity index (χ1v) is 7.95. The minimum absolute atomic E-state index is 0.382. The van der Waals surface area contributed by atoms with E-state index in [0.717, 1.165) is 21.0 Å². The van der Waals surface area contributed by atoms with E-state index >= 15 is 0 Å². The van der Waals surface area contributed by atoms with Crippen LogP contribution < -0.4 is 10.1 Å². The van der Waals surface area contributed by atoms with E-state index in [-0.39, 0.29) is 0 Å². The molecular formula is C13H17N3OS2. The van der Waals surface area contributed by atoms with Crippen molar-refractivity contribution in [3.8, 4) is 5.75 Å². The van der Waals surface area contributed by atoms with Crippen molar-refractivity contribution < 1.29 is 4.74 Å². The van der Waals surface area contributed by atoms with Gasteiger partial charge in [0.05, 0.1) is 6.61 Å². The number of thioether (sulfide) groups is 1. The Morgan fingerprint density at radius 1 is 1.26 bits per heavy atom. The van der Waals surface area contributed by atoms with Crippen molar-refractivity contribution in [3.05, 3.63) is 30.3 Å². The minimum atomic E-state index is 0.382. The minimum Gasteiger partial charge on any atom is -0.493 e. The zero-order valence-electron chi connectivity index (χ0n) is 11.0. The number of para-hydroxylation sites is 1. The van der Waals surface area contributed by atoms with E-state index in [0.29, 0.717) is 12.6 Å². The molecule has 6 heteroatoms. The molecule has 0 radical (unpaired) electrons. The molecule has 1 aromatic heterocycles. The van der Waals surface area contributed by atoms with Gasteiger partial charge in [-0.3, -0.25) is 0 Å². The predicted molar refractivity (Wildman–Crippen MR) is 81.3 cm³/mol.